The van der Waals surface area contributed by atoms with E-state index in [4.69, 9.17) is 11.5 Å². The van der Waals surface area contributed by atoms with E-state index in [-0.39, 0.29) is 32.2 Å². The number of hydrogen-bond acceptors (Lipinski definition) is 7. The second-order valence-electron chi connectivity index (χ2n) is 8.55. The molecule has 13 heteroatoms. The SMILES string of the molecule is NC(=O)CCC(N)C(=O)NC(CC(=O)O)C(=O)NC(Cc1ccccc1)C(=O)N1CCCC1C(=O)O. The van der Waals surface area contributed by atoms with E-state index in [1.807, 2.05) is 0 Å². The maximum Gasteiger partial charge on any atom is 0.326 e. The molecule has 0 aliphatic carbocycles. The Hall–Kier alpha value is -4.00. The van der Waals surface area contributed by atoms with Crippen molar-refractivity contribution in [2.24, 2.45) is 11.5 Å². The smallest absolute Gasteiger partial charge is 0.326 e. The standard InChI is InChI=1S/C23H31N5O8/c24-14(8-9-18(25)29)20(32)26-15(12-19(30)31)21(33)27-16(11-13-5-2-1-3-6-13)22(34)28-10-4-7-17(28)23(35)36/h1-3,5-6,14-17H,4,7-12,24H2,(H2,25,29)(H,26,32)(H,27,33)(H,30,31)(H,35,36). The van der Waals surface area contributed by atoms with Gasteiger partial charge in [-0.2, -0.15) is 0 Å². The van der Waals surface area contributed by atoms with Crippen LogP contribution in [0, 0.1) is 0 Å². The first-order valence-corrected chi connectivity index (χ1v) is 11.4. The molecular formula is C23H31N5O8. The summed E-state index contributed by atoms with van der Waals surface area (Å²) in [5.41, 5.74) is 11.4. The second-order valence-corrected chi connectivity index (χ2v) is 8.55. The number of carboxylic acids is 2. The lowest BCUT2D eigenvalue weighted by Crippen LogP contribution is -2.58. The summed E-state index contributed by atoms with van der Waals surface area (Å²) < 4.78 is 0. The van der Waals surface area contributed by atoms with Crippen LogP contribution in [0.2, 0.25) is 0 Å². The molecule has 4 unspecified atom stereocenters. The van der Waals surface area contributed by atoms with Crippen LogP contribution >= 0.6 is 0 Å². The van der Waals surface area contributed by atoms with E-state index >= 15 is 0 Å². The van der Waals surface area contributed by atoms with Gasteiger partial charge >= 0.3 is 11.9 Å². The molecule has 0 aromatic heterocycles. The van der Waals surface area contributed by atoms with E-state index < -0.39 is 66.2 Å². The number of likely N-dealkylation sites (tertiary alicyclic amines) is 1. The van der Waals surface area contributed by atoms with Crippen LogP contribution in [0.5, 0.6) is 0 Å². The molecule has 196 valence electrons. The minimum Gasteiger partial charge on any atom is -0.481 e. The topological polar surface area (TPSA) is 222 Å². The maximum absolute atomic E-state index is 13.3. The van der Waals surface area contributed by atoms with E-state index in [0.717, 1.165) is 0 Å². The fraction of sp³-hybridized carbons (Fsp3) is 0.478. The second kappa shape index (κ2) is 13.2. The highest BCUT2D eigenvalue weighted by molar-refractivity contribution is 5.96. The Morgan fingerprint density at radius 1 is 1.00 bits per heavy atom. The zero-order valence-corrected chi connectivity index (χ0v) is 19.6. The van der Waals surface area contributed by atoms with Gasteiger partial charge in [-0.3, -0.25) is 24.0 Å². The van der Waals surface area contributed by atoms with Gasteiger partial charge in [0.15, 0.2) is 0 Å². The Morgan fingerprint density at radius 3 is 2.22 bits per heavy atom. The Labute approximate surface area is 207 Å². The van der Waals surface area contributed by atoms with Crippen molar-refractivity contribution in [1.82, 2.24) is 15.5 Å². The average Bonchev–Trinajstić information content (AvgIpc) is 3.31. The maximum atomic E-state index is 13.3. The van der Waals surface area contributed by atoms with Crippen molar-refractivity contribution < 1.29 is 39.0 Å². The van der Waals surface area contributed by atoms with Crippen LogP contribution < -0.4 is 22.1 Å². The largest absolute Gasteiger partial charge is 0.481 e. The summed E-state index contributed by atoms with van der Waals surface area (Å²) in [5, 5.41) is 23.4. The molecule has 0 bridgehead atoms. The minimum absolute atomic E-state index is 0.0140. The number of rotatable bonds is 13. The molecule has 0 spiro atoms. The van der Waals surface area contributed by atoms with Gasteiger partial charge in [-0.25, -0.2) is 4.79 Å². The van der Waals surface area contributed by atoms with Gasteiger partial charge in [-0.05, 0) is 24.8 Å². The van der Waals surface area contributed by atoms with Gasteiger partial charge in [-0.15, -0.1) is 0 Å². The fourth-order valence-corrected chi connectivity index (χ4v) is 3.90. The van der Waals surface area contributed by atoms with Gasteiger partial charge in [0.05, 0.1) is 12.5 Å². The Kier molecular flexibility index (Phi) is 10.3. The predicted molar refractivity (Wildman–Crippen MR) is 125 cm³/mol. The van der Waals surface area contributed by atoms with Gasteiger partial charge in [0.25, 0.3) is 0 Å². The highest BCUT2D eigenvalue weighted by Gasteiger charge is 2.38. The lowest BCUT2D eigenvalue weighted by Gasteiger charge is -2.29. The summed E-state index contributed by atoms with van der Waals surface area (Å²) in [6.45, 7) is 0.195. The van der Waals surface area contributed by atoms with Gasteiger partial charge in [-0.1, -0.05) is 30.3 Å². The molecule has 1 heterocycles. The Bertz CT molecular complexity index is 986. The summed E-state index contributed by atoms with van der Waals surface area (Å²) in [4.78, 5) is 73.8. The number of hydrogen-bond donors (Lipinski definition) is 6. The van der Waals surface area contributed by atoms with Crippen molar-refractivity contribution in [1.29, 1.82) is 0 Å². The summed E-state index contributed by atoms with van der Waals surface area (Å²) in [6.07, 6.45) is -0.320. The molecule has 8 N–H and O–H groups in total. The number of aliphatic carboxylic acids is 2. The van der Waals surface area contributed by atoms with Crippen molar-refractivity contribution in [2.75, 3.05) is 6.54 Å². The van der Waals surface area contributed by atoms with Crippen LogP contribution in [-0.4, -0.2) is 81.4 Å². The number of nitrogens with zero attached hydrogens (tertiary/aromatic N) is 1. The van der Waals surface area contributed by atoms with E-state index in [1.165, 1.54) is 4.90 Å². The van der Waals surface area contributed by atoms with Crippen molar-refractivity contribution in [3.05, 3.63) is 35.9 Å². The molecule has 1 aliphatic heterocycles. The fourth-order valence-electron chi connectivity index (χ4n) is 3.90. The number of carbonyl (C=O) groups is 6. The van der Waals surface area contributed by atoms with Gasteiger partial charge in [0.1, 0.15) is 18.1 Å². The van der Waals surface area contributed by atoms with Crippen molar-refractivity contribution in [3.8, 4) is 0 Å². The predicted octanol–water partition coefficient (Wildman–Crippen LogP) is -1.66. The number of primary amides is 1. The van der Waals surface area contributed by atoms with Gasteiger partial charge < -0.3 is 37.2 Å². The normalized spacial score (nSPS) is 17.5. The van der Waals surface area contributed by atoms with Gasteiger partial charge in [0, 0.05) is 19.4 Å². The van der Waals surface area contributed by atoms with Crippen LogP contribution in [0.1, 0.15) is 37.7 Å². The van der Waals surface area contributed by atoms with Crippen molar-refractivity contribution in [2.45, 2.75) is 62.7 Å². The molecule has 0 radical (unpaired) electrons. The highest BCUT2D eigenvalue weighted by Crippen LogP contribution is 2.20. The number of benzene rings is 1. The molecule has 4 amide bonds. The lowest BCUT2D eigenvalue weighted by atomic mass is 10.0. The zero-order valence-electron chi connectivity index (χ0n) is 19.6. The summed E-state index contributed by atoms with van der Waals surface area (Å²) in [6, 6.07) is 3.63. The third-order valence-electron chi connectivity index (χ3n) is 5.77. The zero-order chi connectivity index (χ0) is 26.8. The monoisotopic (exact) mass is 505 g/mol. The quantitative estimate of drug-likeness (QED) is 0.180. The molecule has 1 aromatic rings. The van der Waals surface area contributed by atoms with E-state index in [1.54, 1.807) is 30.3 Å². The molecule has 1 aliphatic rings. The Morgan fingerprint density at radius 2 is 1.64 bits per heavy atom. The molecular weight excluding hydrogens is 474 g/mol. The van der Waals surface area contributed by atoms with Crippen LogP contribution in [0.3, 0.4) is 0 Å². The molecule has 36 heavy (non-hydrogen) atoms. The van der Waals surface area contributed by atoms with Crippen molar-refractivity contribution in [3.63, 3.8) is 0 Å². The lowest BCUT2D eigenvalue weighted by molar-refractivity contribution is -0.149. The first-order valence-electron chi connectivity index (χ1n) is 11.4. The first kappa shape index (κ1) is 28.2. The van der Waals surface area contributed by atoms with Crippen molar-refractivity contribution >= 4 is 35.6 Å². The van der Waals surface area contributed by atoms with Crippen LogP contribution in [0.25, 0.3) is 0 Å². The third kappa shape index (κ3) is 8.34. The molecule has 4 atom stereocenters. The van der Waals surface area contributed by atoms with Crippen LogP contribution in [0.4, 0.5) is 0 Å². The number of nitrogens with two attached hydrogens (primary N) is 2. The Balaban J connectivity index is 2.22. The van der Waals surface area contributed by atoms with Gasteiger partial charge in [0.2, 0.25) is 23.6 Å². The summed E-state index contributed by atoms with van der Waals surface area (Å²) in [7, 11) is 0. The van der Waals surface area contributed by atoms with Crippen LogP contribution in [-0.2, 0) is 35.2 Å². The number of nitrogens with one attached hydrogen (secondary N) is 2. The number of amides is 4. The number of carboxylic acid groups (broad SMARTS) is 2. The molecule has 2 rings (SSSR count). The molecule has 1 fully saturated rings. The molecule has 13 nitrogen and oxygen atoms in total. The number of carbonyl (C=O) groups excluding carboxylic acids is 4. The minimum atomic E-state index is -1.57. The summed E-state index contributed by atoms with van der Waals surface area (Å²) in [5.74, 6) is -5.68. The van der Waals surface area contributed by atoms with Crippen LogP contribution in [0.15, 0.2) is 30.3 Å². The summed E-state index contributed by atoms with van der Waals surface area (Å²) >= 11 is 0. The highest BCUT2D eigenvalue weighted by atomic mass is 16.4. The molecule has 0 saturated carbocycles. The molecule has 1 saturated heterocycles. The average molecular weight is 506 g/mol. The van der Waals surface area contributed by atoms with E-state index in [9.17, 15) is 39.0 Å². The third-order valence-corrected chi connectivity index (χ3v) is 5.77. The molecule has 1 aromatic carbocycles. The first-order chi connectivity index (χ1) is 17.0. The van der Waals surface area contributed by atoms with E-state index in [2.05, 4.69) is 10.6 Å². The van der Waals surface area contributed by atoms with E-state index in [0.29, 0.717) is 12.0 Å².